The lowest BCUT2D eigenvalue weighted by molar-refractivity contribution is 0.416. The number of aromatic amines is 1. The Kier molecular flexibility index (Phi) is 2.75. The molecule has 0 fully saturated rings. The molecule has 0 bridgehead atoms. The van der Waals surface area contributed by atoms with E-state index in [1.165, 1.54) is 6.33 Å². The molecule has 0 spiro atoms. The van der Waals surface area contributed by atoms with Crippen molar-refractivity contribution in [2.24, 2.45) is 0 Å². The highest BCUT2D eigenvalue weighted by Crippen LogP contribution is 2.29. The Labute approximate surface area is 109 Å². The summed E-state index contributed by atoms with van der Waals surface area (Å²) in [6, 6.07) is 5.93. The van der Waals surface area contributed by atoms with Crippen molar-refractivity contribution in [3.63, 3.8) is 0 Å². The van der Waals surface area contributed by atoms with Crippen LogP contribution in [0.25, 0.3) is 11.0 Å². The molecule has 3 aromatic rings. The van der Waals surface area contributed by atoms with E-state index in [2.05, 4.69) is 25.5 Å². The van der Waals surface area contributed by atoms with E-state index in [0.29, 0.717) is 11.5 Å². The molecule has 0 aliphatic carbocycles. The lowest BCUT2D eigenvalue weighted by Gasteiger charge is -2.11. The van der Waals surface area contributed by atoms with Crippen molar-refractivity contribution in [2.75, 3.05) is 12.4 Å². The fourth-order valence-corrected chi connectivity index (χ4v) is 1.91. The van der Waals surface area contributed by atoms with Crippen LogP contribution in [0.3, 0.4) is 0 Å². The number of aryl methyl sites for hydroxylation is 1. The van der Waals surface area contributed by atoms with Gasteiger partial charge in [-0.05, 0) is 24.6 Å². The van der Waals surface area contributed by atoms with Crippen LogP contribution in [0.15, 0.2) is 30.7 Å². The first-order valence-electron chi connectivity index (χ1n) is 5.83. The van der Waals surface area contributed by atoms with Crippen LogP contribution in [0.5, 0.6) is 5.75 Å². The van der Waals surface area contributed by atoms with Crippen LogP contribution in [-0.4, -0.2) is 27.3 Å². The van der Waals surface area contributed by atoms with E-state index in [1.54, 1.807) is 13.3 Å². The van der Waals surface area contributed by atoms with Gasteiger partial charge >= 0.3 is 0 Å². The largest absolute Gasteiger partial charge is 0.495 e. The van der Waals surface area contributed by atoms with Crippen LogP contribution in [0.2, 0.25) is 0 Å². The number of benzene rings is 1. The predicted octanol–water partition coefficient (Wildman–Crippen LogP) is 2.41. The van der Waals surface area contributed by atoms with Crippen LogP contribution < -0.4 is 10.1 Å². The Morgan fingerprint density at radius 3 is 3.00 bits per heavy atom. The molecule has 0 saturated heterocycles. The third kappa shape index (κ3) is 2.08. The maximum atomic E-state index is 5.34. The molecule has 0 radical (unpaired) electrons. The smallest absolute Gasteiger partial charge is 0.160 e. The van der Waals surface area contributed by atoms with E-state index < -0.39 is 0 Å². The highest BCUT2D eigenvalue weighted by atomic mass is 16.5. The van der Waals surface area contributed by atoms with Crippen molar-refractivity contribution in [1.82, 2.24) is 20.2 Å². The van der Waals surface area contributed by atoms with Crippen molar-refractivity contribution in [1.29, 1.82) is 0 Å². The maximum Gasteiger partial charge on any atom is 0.160 e. The third-order valence-electron chi connectivity index (χ3n) is 2.86. The molecule has 3 rings (SSSR count). The Bertz CT molecular complexity index is 722. The first-order chi connectivity index (χ1) is 9.28. The number of H-pyrrole nitrogens is 1. The van der Waals surface area contributed by atoms with Crippen molar-refractivity contribution < 1.29 is 4.74 Å². The van der Waals surface area contributed by atoms with Gasteiger partial charge in [0, 0.05) is 0 Å². The number of rotatable bonds is 3. The number of anilines is 2. The predicted molar refractivity (Wildman–Crippen MR) is 72.7 cm³/mol. The molecular weight excluding hydrogens is 242 g/mol. The van der Waals surface area contributed by atoms with E-state index in [0.717, 1.165) is 22.4 Å². The van der Waals surface area contributed by atoms with E-state index in [1.807, 2.05) is 25.1 Å². The fourth-order valence-electron chi connectivity index (χ4n) is 1.91. The molecule has 2 N–H and O–H groups in total. The van der Waals surface area contributed by atoms with Gasteiger partial charge in [-0.2, -0.15) is 5.10 Å². The Balaban J connectivity index is 2.05. The number of fused-ring (bicyclic) bond motifs is 1. The zero-order valence-electron chi connectivity index (χ0n) is 10.6. The minimum absolute atomic E-state index is 0.697. The molecule has 1 aromatic carbocycles. The first-order valence-corrected chi connectivity index (χ1v) is 5.83. The minimum atomic E-state index is 0.697. The van der Waals surface area contributed by atoms with E-state index in [9.17, 15) is 0 Å². The lowest BCUT2D eigenvalue weighted by atomic mass is 10.2. The van der Waals surface area contributed by atoms with E-state index >= 15 is 0 Å². The molecule has 96 valence electrons. The summed E-state index contributed by atoms with van der Waals surface area (Å²) in [7, 11) is 1.64. The van der Waals surface area contributed by atoms with Gasteiger partial charge in [0.1, 0.15) is 17.9 Å². The number of ether oxygens (including phenoxy) is 1. The number of nitrogens with one attached hydrogen (secondary N) is 2. The van der Waals surface area contributed by atoms with Gasteiger partial charge in [-0.25, -0.2) is 9.97 Å². The number of aromatic nitrogens is 4. The highest BCUT2D eigenvalue weighted by molar-refractivity contribution is 5.88. The number of nitrogens with zero attached hydrogens (tertiary/aromatic N) is 3. The topological polar surface area (TPSA) is 75.7 Å². The molecule has 6 nitrogen and oxygen atoms in total. The van der Waals surface area contributed by atoms with Crippen LogP contribution in [0, 0.1) is 6.92 Å². The second-order valence-electron chi connectivity index (χ2n) is 4.18. The van der Waals surface area contributed by atoms with Gasteiger partial charge in [-0.3, -0.25) is 5.10 Å². The van der Waals surface area contributed by atoms with Crippen LogP contribution >= 0.6 is 0 Å². The van der Waals surface area contributed by atoms with Gasteiger partial charge in [0.2, 0.25) is 0 Å². The normalized spacial score (nSPS) is 10.6. The van der Waals surface area contributed by atoms with Crippen molar-refractivity contribution >= 4 is 22.5 Å². The van der Waals surface area contributed by atoms with Gasteiger partial charge < -0.3 is 10.1 Å². The SMILES string of the molecule is COc1ccc(C)cc1Nc1ncnc2[nH]ncc12. The fraction of sp³-hybridized carbons (Fsp3) is 0.154. The molecule has 2 heterocycles. The Morgan fingerprint density at radius 2 is 2.16 bits per heavy atom. The summed E-state index contributed by atoms with van der Waals surface area (Å²) in [5.74, 6) is 1.46. The molecule has 0 aliphatic rings. The van der Waals surface area contributed by atoms with Crippen LogP contribution in [0.4, 0.5) is 11.5 Å². The Morgan fingerprint density at radius 1 is 1.26 bits per heavy atom. The molecule has 0 unspecified atom stereocenters. The van der Waals surface area contributed by atoms with Crippen molar-refractivity contribution in [2.45, 2.75) is 6.92 Å². The second-order valence-corrected chi connectivity index (χ2v) is 4.18. The van der Waals surface area contributed by atoms with Gasteiger partial charge in [0.05, 0.1) is 24.4 Å². The molecule has 0 atom stereocenters. The van der Waals surface area contributed by atoms with Gasteiger partial charge in [0.15, 0.2) is 5.65 Å². The van der Waals surface area contributed by atoms with E-state index in [4.69, 9.17) is 4.74 Å². The van der Waals surface area contributed by atoms with Crippen molar-refractivity contribution in [3.05, 3.63) is 36.3 Å². The molecule has 0 amide bonds. The quantitative estimate of drug-likeness (QED) is 0.751. The molecule has 6 heteroatoms. The highest BCUT2D eigenvalue weighted by Gasteiger charge is 2.08. The average Bonchev–Trinajstić information content (AvgIpc) is 2.88. The summed E-state index contributed by atoms with van der Waals surface area (Å²) in [6.07, 6.45) is 3.19. The summed E-state index contributed by atoms with van der Waals surface area (Å²) in [4.78, 5) is 8.34. The summed E-state index contributed by atoms with van der Waals surface area (Å²) in [5, 5.41) is 10.9. The first kappa shape index (κ1) is 11.5. The van der Waals surface area contributed by atoms with Crippen LogP contribution in [0.1, 0.15) is 5.56 Å². The molecule has 2 aromatic heterocycles. The van der Waals surface area contributed by atoms with Gasteiger partial charge in [0.25, 0.3) is 0 Å². The second kappa shape index (κ2) is 4.56. The van der Waals surface area contributed by atoms with E-state index in [-0.39, 0.29) is 0 Å². The zero-order valence-corrected chi connectivity index (χ0v) is 10.6. The molecule has 0 saturated carbocycles. The lowest BCUT2D eigenvalue weighted by Crippen LogP contribution is -1.98. The molecular formula is C13H13N5O. The van der Waals surface area contributed by atoms with Crippen LogP contribution in [-0.2, 0) is 0 Å². The standard InChI is InChI=1S/C13H13N5O/c1-8-3-4-11(19-2)10(5-8)17-12-9-6-16-18-13(9)15-7-14-12/h3-7H,1-2H3,(H2,14,15,16,17,18). The summed E-state index contributed by atoms with van der Waals surface area (Å²) >= 11 is 0. The maximum absolute atomic E-state index is 5.34. The number of hydrogen-bond acceptors (Lipinski definition) is 5. The number of methoxy groups -OCH3 is 1. The summed E-state index contributed by atoms with van der Waals surface area (Å²) < 4.78 is 5.34. The monoisotopic (exact) mass is 255 g/mol. The summed E-state index contributed by atoms with van der Waals surface area (Å²) in [5.41, 5.74) is 2.70. The average molecular weight is 255 g/mol. The third-order valence-corrected chi connectivity index (χ3v) is 2.86. The Hall–Kier alpha value is -2.63. The molecule has 0 aliphatic heterocycles. The zero-order chi connectivity index (χ0) is 13.2. The van der Waals surface area contributed by atoms with Crippen molar-refractivity contribution in [3.8, 4) is 5.75 Å². The van der Waals surface area contributed by atoms with Gasteiger partial charge in [-0.1, -0.05) is 6.07 Å². The summed E-state index contributed by atoms with van der Waals surface area (Å²) in [6.45, 7) is 2.03. The molecule has 19 heavy (non-hydrogen) atoms. The number of hydrogen-bond donors (Lipinski definition) is 2. The van der Waals surface area contributed by atoms with Gasteiger partial charge in [-0.15, -0.1) is 0 Å². The minimum Gasteiger partial charge on any atom is -0.495 e.